The van der Waals surface area contributed by atoms with Gasteiger partial charge in [0.1, 0.15) is 12.4 Å². The molecule has 21 heavy (non-hydrogen) atoms. The molecule has 1 aliphatic rings. The Morgan fingerprint density at radius 3 is 3.05 bits per heavy atom. The Labute approximate surface area is 132 Å². The molecule has 0 bridgehead atoms. The lowest BCUT2D eigenvalue weighted by Gasteiger charge is -2.18. The molecule has 0 aliphatic carbocycles. The zero-order valence-electron chi connectivity index (χ0n) is 11.9. The summed E-state index contributed by atoms with van der Waals surface area (Å²) >= 11 is 3.42. The number of hydrogen-bond donors (Lipinski definition) is 2. The van der Waals surface area contributed by atoms with Gasteiger partial charge in [-0.2, -0.15) is 0 Å². The summed E-state index contributed by atoms with van der Waals surface area (Å²) in [6.07, 6.45) is 1.87. The number of benzene rings is 1. The Balaban J connectivity index is 1.83. The van der Waals surface area contributed by atoms with E-state index in [1.54, 1.807) is 7.11 Å². The van der Waals surface area contributed by atoms with Gasteiger partial charge in [-0.05, 0) is 24.3 Å². The lowest BCUT2D eigenvalue weighted by Crippen LogP contribution is -2.35. The smallest absolute Gasteiger partial charge is 0.250 e. The van der Waals surface area contributed by atoms with Gasteiger partial charge in [-0.15, -0.1) is 0 Å². The molecule has 2 N–H and O–H groups in total. The van der Waals surface area contributed by atoms with Crippen LogP contribution in [-0.2, 0) is 9.53 Å². The van der Waals surface area contributed by atoms with Crippen LogP contribution in [0.1, 0.15) is 5.56 Å². The highest BCUT2D eigenvalue weighted by atomic mass is 79.9. The fraction of sp³-hybridized carbons (Fsp3) is 0.400. The van der Waals surface area contributed by atoms with E-state index in [1.165, 1.54) is 0 Å². The average Bonchev–Trinajstić information content (AvgIpc) is 2.49. The maximum atomic E-state index is 12.1. The van der Waals surface area contributed by atoms with Crippen LogP contribution >= 0.6 is 15.9 Å². The first-order chi connectivity index (χ1) is 10.2. The van der Waals surface area contributed by atoms with Crippen molar-refractivity contribution >= 4 is 27.9 Å². The van der Waals surface area contributed by atoms with Crippen LogP contribution in [0.4, 0.5) is 0 Å². The zero-order valence-corrected chi connectivity index (χ0v) is 13.5. The van der Waals surface area contributed by atoms with E-state index in [4.69, 9.17) is 9.47 Å². The fourth-order valence-electron chi connectivity index (χ4n) is 1.96. The van der Waals surface area contributed by atoms with Crippen LogP contribution in [0.2, 0.25) is 0 Å². The van der Waals surface area contributed by atoms with E-state index in [9.17, 15) is 4.79 Å². The zero-order chi connectivity index (χ0) is 15.1. The van der Waals surface area contributed by atoms with Crippen molar-refractivity contribution in [3.05, 3.63) is 33.8 Å². The van der Waals surface area contributed by atoms with Crippen LogP contribution in [0, 0.1) is 0 Å². The SMILES string of the molecule is COCCNCCNC(=O)C1=Cc2cc(Br)ccc2OC1. The van der Waals surface area contributed by atoms with Crippen molar-refractivity contribution in [2.75, 3.05) is 40.0 Å². The summed E-state index contributed by atoms with van der Waals surface area (Å²) in [6.45, 7) is 3.03. The molecule has 0 saturated carbocycles. The van der Waals surface area contributed by atoms with Crippen molar-refractivity contribution in [3.63, 3.8) is 0 Å². The van der Waals surface area contributed by atoms with Crippen molar-refractivity contribution < 1.29 is 14.3 Å². The molecule has 6 heteroatoms. The van der Waals surface area contributed by atoms with Gasteiger partial charge in [0.25, 0.3) is 5.91 Å². The van der Waals surface area contributed by atoms with E-state index in [1.807, 2.05) is 24.3 Å². The molecule has 0 spiro atoms. The highest BCUT2D eigenvalue weighted by Crippen LogP contribution is 2.29. The van der Waals surface area contributed by atoms with Gasteiger partial charge < -0.3 is 20.1 Å². The van der Waals surface area contributed by atoms with Gasteiger partial charge in [-0.3, -0.25) is 4.79 Å². The number of methoxy groups -OCH3 is 1. The molecule has 0 unspecified atom stereocenters. The summed E-state index contributed by atoms with van der Waals surface area (Å²) < 4.78 is 11.5. The Bertz CT molecular complexity index is 532. The third-order valence-electron chi connectivity index (χ3n) is 3.05. The standard InChI is InChI=1S/C15H19BrN2O3/c1-20-7-6-17-4-5-18-15(19)12-8-11-9-13(16)2-3-14(11)21-10-12/h2-3,8-9,17H,4-7,10H2,1H3,(H,18,19). The van der Waals surface area contributed by atoms with Crippen LogP contribution in [0.5, 0.6) is 5.75 Å². The first kappa shape index (κ1) is 16.0. The van der Waals surface area contributed by atoms with E-state index < -0.39 is 0 Å². The summed E-state index contributed by atoms with van der Waals surface area (Å²) in [7, 11) is 1.66. The van der Waals surface area contributed by atoms with Gasteiger partial charge in [0.2, 0.25) is 0 Å². The van der Waals surface area contributed by atoms with Gasteiger partial charge >= 0.3 is 0 Å². The van der Waals surface area contributed by atoms with Gasteiger partial charge in [0.15, 0.2) is 0 Å². The molecular formula is C15H19BrN2O3. The Morgan fingerprint density at radius 1 is 1.38 bits per heavy atom. The molecule has 114 valence electrons. The fourth-order valence-corrected chi connectivity index (χ4v) is 2.34. The molecule has 1 aromatic rings. The predicted octanol–water partition coefficient (Wildman–Crippen LogP) is 1.58. The molecule has 0 atom stereocenters. The molecule has 1 aliphatic heterocycles. The molecule has 0 radical (unpaired) electrons. The third kappa shape index (κ3) is 4.84. The minimum atomic E-state index is -0.0887. The number of halogens is 1. The van der Waals surface area contributed by atoms with Gasteiger partial charge in [0, 0.05) is 36.8 Å². The summed E-state index contributed by atoms with van der Waals surface area (Å²) in [4.78, 5) is 12.1. The van der Waals surface area contributed by atoms with Gasteiger partial charge in [-0.1, -0.05) is 15.9 Å². The maximum Gasteiger partial charge on any atom is 0.250 e. The van der Waals surface area contributed by atoms with Crippen molar-refractivity contribution in [1.29, 1.82) is 0 Å². The van der Waals surface area contributed by atoms with Crippen LogP contribution in [0.25, 0.3) is 6.08 Å². The number of fused-ring (bicyclic) bond motifs is 1. The maximum absolute atomic E-state index is 12.1. The number of amides is 1. The van der Waals surface area contributed by atoms with Crippen LogP contribution in [0.15, 0.2) is 28.2 Å². The molecule has 5 nitrogen and oxygen atoms in total. The van der Waals surface area contributed by atoms with E-state index in [0.29, 0.717) is 31.9 Å². The summed E-state index contributed by atoms with van der Waals surface area (Å²) in [5.41, 5.74) is 1.55. The summed E-state index contributed by atoms with van der Waals surface area (Å²) in [5.74, 6) is 0.713. The summed E-state index contributed by atoms with van der Waals surface area (Å²) in [5, 5.41) is 6.04. The number of ether oxygens (including phenoxy) is 2. The van der Waals surface area contributed by atoms with Crippen molar-refractivity contribution in [2.45, 2.75) is 0 Å². The number of rotatable bonds is 7. The first-order valence-electron chi connectivity index (χ1n) is 6.81. The molecule has 1 heterocycles. The molecule has 1 aromatic carbocycles. The highest BCUT2D eigenvalue weighted by molar-refractivity contribution is 9.10. The molecule has 0 saturated heterocycles. The molecule has 0 fully saturated rings. The number of carbonyl (C=O) groups excluding carboxylic acids is 1. The molecular weight excluding hydrogens is 336 g/mol. The molecule has 2 rings (SSSR count). The lowest BCUT2D eigenvalue weighted by atomic mass is 10.1. The second kappa shape index (κ2) is 8.17. The van der Waals surface area contributed by atoms with E-state index >= 15 is 0 Å². The molecule has 0 aromatic heterocycles. The monoisotopic (exact) mass is 354 g/mol. The Hall–Kier alpha value is -1.37. The minimum absolute atomic E-state index is 0.0887. The second-order valence-corrected chi connectivity index (χ2v) is 5.55. The van der Waals surface area contributed by atoms with Crippen molar-refractivity contribution in [3.8, 4) is 5.75 Å². The second-order valence-electron chi connectivity index (χ2n) is 4.64. The van der Waals surface area contributed by atoms with Crippen LogP contribution < -0.4 is 15.4 Å². The Morgan fingerprint density at radius 2 is 2.24 bits per heavy atom. The lowest BCUT2D eigenvalue weighted by molar-refractivity contribution is -0.117. The molecule has 1 amide bonds. The number of carbonyl (C=O) groups is 1. The van der Waals surface area contributed by atoms with Gasteiger partial charge in [-0.25, -0.2) is 0 Å². The van der Waals surface area contributed by atoms with Crippen molar-refractivity contribution in [1.82, 2.24) is 10.6 Å². The minimum Gasteiger partial charge on any atom is -0.488 e. The number of hydrogen-bond acceptors (Lipinski definition) is 4. The van der Waals surface area contributed by atoms with E-state index in [0.717, 1.165) is 22.3 Å². The largest absolute Gasteiger partial charge is 0.488 e. The highest BCUT2D eigenvalue weighted by Gasteiger charge is 2.16. The average molecular weight is 355 g/mol. The van der Waals surface area contributed by atoms with Crippen molar-refractivity contribution in [2.24, 2.45) is 0 Å². The Kier molecular flexibility index (Phi) is 6.22. The predicted molar refractivity (Wildman–Crippen MR) is 85.4 cm³/mol. The topological polar surface area (TPSA) is 59.6 Å². The van der Waals surface area contributed by atoms with Gasteiger partial charge in [0.05, 0.1) is 12.2 Å². The number of nitrogens with one attached hydrogen (secondary N) is 2. The van der Waals surface area contributed by atoms with E-state index in [2.05, 4.69) is 26.6 Å². The first-order valence-corrected chi connectivity index (χ1v) is 7.61. The quantitative estimate of drug-likeness (QED) is 0.730. The van der Waals surface area contributed by atoms with Crippen LogP contribution in [0.3, 0.4) is 0 Å². The summed E-state index contributed by atoms with van der Waals surface area (Å²) in [6, 6.07) is 5.75. The van der Waals surface area contributed by atoms with E-state index in [-0.39, 0.29) is 5.91 Å². The third-order valence-corrected chi connectivity index (χ3v) is 3.54. The normalized spacial score (nSPS) is 13.1. The van der Waals surface area contributed by atoms with Crippen LogP contribution in [-0.4, -0.2) is 45.9 Å².